The van der Waals surface area contributed by atoms with Crippen LogP contribution in [0.1, 0.15) is 37.7 Å². The number of halogens is 3. The predicted molar refractivity (Wildman–Crippen MR) is 141 cm³/mol. The van der Waals surface area contributed by atoms with E-state index in [1.807, 2.05) is 0 Å². The molecule has 1 aliphatic heterocycles. The van der Waals surface area contributed by atoms with Gasteiger partial charge in [-0.2, -0.15) is 0 Å². The van der Waals surface area contributed by atoms with Crippen LogP contribution >= 0.6 is 0 Å². The van der Waals surface area contributed by atoms with E-state index in [9.17, 15) is 36.3 Å². The van der Waals surface area contributed by atoms with Crippen molar-refractivity contribution in [2.24, 2.45) is 11.8 Å². The van der Waals surface area contributed by atoms with Gasteiger partial charge in [-0.25, -0.2) is 21.6 Å². The highest BCUT2D eigenvalue weighted by atomic mass is 32.2. The molecule has 1 saturated heterocycles. The number of carbonyl (C=O) groups is 2. The molecule has 1 N–H and O–H groups in total. The maximum atomic E-state index is 14.4. The fraction of sp³-hybridized carbons (Fsp3) is 0.333. The van der Waals surface area contributed by atoms with Crippen molar-refractivity contribution in [3.05, 3.63) is 89.7 Å². The third-order valence-corrected chi connectivity index (χ3v) is 10.8. The van der Waals surface area contributed by atoms with Gasteiger partial charge in [-0.3, -0.25) is 9.59 Å². The van der Waals surface area contributed by atoms with Gasteiger partial charge in [0.2, 0.25) is 5.91 Å². The number of hydrogen-bond donors (Lipinski definition) is 1. The van der Waals surface area contributed by atoms with E-state index >= 15 is 0 Å². The van der Waals surface area contributed by atoms with E-state index < -0.39 is 49.8 Å². The molecular weight excluding hydrogens is 543 g/mol. The monoisotopic (exact) mass is 571 g/mol. The Balaban J connectivity index is 1.50. The van der Waals surface area contributed by atoms with E-state index in [1.165, 1.54) is 47.4 Å². The smallest absolute Gasteiger partial charge is 0.306 e. The summed E-state index contributed by atoms with van der Waals surface area (Å²) in [5.41, 5.74) is 0.349. The first kappa shape index (κ1) is 27.9. The molecule has 210 valence electrons. The summed E-state index contributed by atoms with van der Waals surface area (Å²) >= 11 is 0. The van der Waals surface area contributed by atoms with Crippen LogP contribution < -0.4 is 0 Å². The number of sulfone groups is 1. The molecule has 0 unspecified atom stereocenters. The van der Waals surface area contributed by atoms with E-state index in [0.717, 1.165) is 24.3 Å². The first-order chi connectivity index (χ1) is 19.0. The van der Waals surface area contributed by atoms with Gasteiger partial charge < -0.3 is 10.0 Å². The Morgan fingerprint density at radius 1 is 0.825 bits per heavy atom. The minimum atomic E-state index is -4.17. The maximum Gasteiger partial charge on any atom is 0.306 e. The second-order valence-corrected chi connectivity index (χ2v) is 12.8. The van der Waals surface area contributed by atoms with Crippen LogP contribution in [0.4, 0.5) is 13.2 Å². The number of amides is 1. The standard InChI is InChI=1S/C30H28F3NO5S/c31-23-12-14-24(15-13-23)40(38,39)30(22-10-8-19(9-11-22)27-25(32)2-1-3-26(27)33)16-17-34(18-30)28(35)20-4-6-21(7-5-20)29(36)37/h1-3,8-15,20-21H,4-7,16-18H2,(H,36,37)/t20-,21-,30-/m1/s1. The number of likely N-dealkylation sites (tertiary alicyclic amines) is 1. The summed E-state index contributed by atoms with van der Waals surface area (Å²) in [6.45, 7) is -0.000379. The van der Waals surface area contributed by atoms with Gasteiger partial charge in [0.25, 0.3) is 0 Å². The first-order valence-corrected chi connectivity index (χ1v) is 14.6. The molecule has 0 radical (unpaired) electrons. The second kappa shape index (κ2) is 10.7. The number of carboxylic acids is 1. The highest BCUT2D eigenvalue weighted by Gasteiger charge is 2.52. The minimum Gasteiger partial charge on any atom is -0.481 e. The number of rotatable bonds is 6. The predicted octanol–water partition coefficient (Wildman–Crippen LogP) is 5.56. The summed E-state index contributed by atoms with van der Waals surface area (Å²) in [5, 5.41) is 9.28. The largest absolute Gasteiger partial charge is 0.481 e. The van der Waals surface area contributed by atoms with E-state index in [1.54, 1.807) is 0 Å². The topological polar surface area (TPSA) is 91.8 Å². The molecule has 2 aliphatic rings. The number of aliphatic carboxylic acids is 1. The van der Waals surface area contributed by atoms with Crippen molar-refractivity contribution in [3.8, 4) is 11.1 Å². The highest BCUT2D eigenvalue weighted by Crippen LogP contribution is 2.45. The van der Waals surface area contributed by atoms with E-state index in [4.69, 9.17) is 0 Å². The molecule has 40 heavy (non-hydrogen) atoms. The quantitative estimate of drug-likeness (QED) is 0.391. The number of nitrogens with zero attached hydrogens (tertiary/aromatic N) is 1. The van der Waals surface area contributed by atoms with E-state index in [2.05, 4.69) is 0 Å². The summed E-state index contributed by atoms with van der Waals surface area (Å²) in [7, 11) is -4.17. The molecule has 1 saturated carbocycles. The molecule has 1 amide bonds. The molecule has 1 aliphatic carbocycles. The van der Waals surface area contributed by atoms with Crippen LogP contribution in [-0.4, -0.2) is 43.4 Å². The molecule has 0 aromatic heterocycles. The third kappa shape index (κ3) is 4.89. The zero-order chi connectivity index (χ0) is 28.7. The van der Waals surface area contributed by atoms with Crippen molar-refractivity contribution in [1.29, 1.82) is 0 Å². The molecule has 5 rings (SSSR count). The lowest BCUT2D eigenvalue weighted by Crippen LogP contribution is -2.42. The minimum absolute atomic E-state index is 0.0658. The Labute approximate surface area is 230 Å². The fourth-order valence-electron chi connectivity index (χ4n) is 5.98. The molecule has 1 atom stereocenters. The zero-order valence-electron chi connectivity index (χ0n) is 21.5. The molecule has 0 bridgehead atoms. The van der Waals surface area contributed by atoms with Crippen LogP contribution in [-0.2, 0) is 24.2 Å². The summed E-state index contributed by atoms with van der Waals surface area (Å²) in [5.74, 6) is -4.08. The lowest BCUT2D eigenvalue weighted by Gasteiger charge is -2.32. The van der Waals surface area contributed by atoms with Gasteiger partial charge in [0.1, 0.15) is 22.2 Å². The third-order valence-electron chi connectivity index (χ3n) is 8.27. The van der Waals surface area contributed by atoms with Gasteiger partial charge in [0, 0.05) is 19.0 Å². The Kier molecular flexibility index (Phi) is 7.48. The fourth-order valence-corrected chi connectivity index (χ4v) is 8.06. The van der Waals surface area contributed by atoms with Gasteiger partial charge in [0.15, 0.2) is 9.84 Å². The first-order valence-electron chi connectivity index (χ1n) is 13.1. The van der Waals surface area contributed by atoms with Crippen LogP contribution in [0.5, 0.6) is 0 Å². The lowest BCUT2D eigenvalue weighted by atomic mass is 9.81. The van der Waals surface area contributed by atoms with Crippen LogP contribution in [0.2, 0.25) is 0 Å². The molecule has 2 fully saturated rings. The Morgan fingerprint density at radius 2 is 1.40 bits per heavy atom. The van der Waals surface area contributed by atoms with Crippen molar-refractivity contribution < 1.29 is 36.3 Å². The molecule has 10 heteroatoms. The van der Waals surface area contributed by atoms with Gasteiger partial charge in [0.05, 0.1) is 16.4 Å². The normalized spacial score (nSPS) is 23.2. The highest BCUT2D eigenvalue weighted by molar-refractivity contribution is 7.92. The van der Waals surface area contributed by atoms with Crippen LogP contribution in [0.15, 0.2) is 71.6 Å². The van der Waals surface area contributed by atoms with E-state index in [0.29, 0.717) is 31.2 Å². The zero-order valence-corrected chi connectivity index (χ0v) is 22.3. The average molecular weight is 572 g/mol. The summed E-state index contributed by atoms with van der Waals surface area (Å²) in [6, 6.07) is 13.9. The molecule has 1 heterocycles. The second-order valence-electron chi connectivity index (χ2n) is 10.5. The summed E-state index contributed by atoms with van der Waals surface area (Å²) in [4.78, 5) is 26.2. The molecule has 6 nitrogen and oxygen atoms in total. The van der Waals surface area contributed by atoms with Gasteiger partial charge in [-0.15, -0.1) is 0 Å². The van der Waals surface area contributed by atoms with Crippen LogP contribution in [0.25, 0.3) is 11.1 Å². The van der Waals surface area contributed by atoms with Crippen molar-refractivity contribution in [2.45, 2.75) is 41.7 Å². The van der Waals surface area contributed by atoms with E-state index in [-0.39, 0.29) is 41.4 Å². The molecular formula is C30H28F3NO5S. The number of hydrogen-bond acceptors (Lipinski definition) is 4. The number of carbonyl (C=O) groups excluding carboxylic acids is 1. The molecule has 0 spiro atoms. The number of carboxylic acid groups (broad SMARTS) is 1. The maximum absolute atomic E-state index is 14.4. The summed E-state index contributed by atoms with van der Waals surface area (Å²) in [6.07, 6.45) is 1.65. The average Bonchev–Trinajstić information content (AvgIpc) is 3.41. The molecule has 3 aromatic carbocycles. The van der Waals surface area contributed by atoms with Gasteiger partial charge in [-0.1, -0.05) is 30.3 Å². The molecule has 3 aromatic rings. The van der Waals surface area contributed by atoms with Crippen LogP contribution in [0, 0.1) is 29.3 Å². The van der Waals surface area contributed by atoms with Crippen molar-refractivity contribution in [1.82, 2.24) is 4.90 Å². The Bertz CT molecular complexity index is 1510. The Hall–Kier alpha value is -3.66. The summed E-state index contributed by atoms with van der Waals surface area (Å²) < 4.78 is 69.2. The SMILES string of the molecule is O=C(O)[C@H]1CC[C@H](C(=O)N2CC[C@@](c3ccc(-c4c(F)cccc4F)cc3)(S(=O)(=O)c3ccc(F)cc3)C2)CC1. The lowest BCUT2D eigenvalue weighted by molar-refractivity contribution is -0.145. The van der Waals surface area contributed by atoms with Crippen molar-refractivity contribution >= 4 is 21.7 Å². The van der Waals surface area contributed by atoms with Gasteiger partial charge in [-0.05, 0) is 79.6 Å². The Morgan fingerprint density at radius 3 is 1.98 bits per heavy atom. The number of benzene rings is 3. The van der Waals surface area contributed by atoms with Crippen molar-refractivity contribution in [3.63, 3.8) is 0 Å². The van der Waals surface area contributed by atoms with Crippen molar-refractivity contribution in [2.75, 3.05) is 13.1 Å². The van der Waals surface area contributed by atoms with Gasteiger partial charge >= 0.3 is 5.97 Å². The van der Waals surface area contributed by atoms with Crippen LogP contribution in [0.3, 0.4) is 0 Å².